The van der Waals surface area contributed by atoms with Crippen molar-refractivity contribution >= 4 is 23.6 Å². The predicted octanol–water partition coefficient (Wildman–Crippen LogP) is 1.51. The van der Waals surface area contributed by atoms with Gasteiger partial charge in [-0.1, -0.05) is 18.2 Å². The van der Waals surface area contributed by atoms with Crippen LogP contribution in [0, 0.1) is 0 Å². The molecule has 25 heavy (non-hydrogen) atoms. The van der Waals surface area contributed by atoms with E-state index in [4.69, 9.17) is 11.8 Å². The van der Waals surface area contributed by atoms with Gasteiger partial charge in [-0.25, -0.2) is 4.98 Å². The van der Waals surface area contributed by atoms with E-state index in [-0.39, 0.29) is 11.8 Å². The van der Waals surface area contributed by atoms with Crippen molar-refractivity contribution in [2.24, 2.45) is 0 Å². The number of amides is 2. The first-order chi connectivity index (χ1) is 12.1. The Balaban J connectivity index is 1.67. The topological polar surface area (TPSA) is 74.6 Å². The van der Waals surface area contributed by atoms with Crippen molar-refractivity contribution in [3.8, 4) is 0 Å². The molecule has 0 radical (unpaired) electrons. The molecule has 0 aliphatic carbocycles. The van der Waals surface area contributed by atoms with Crippen LogP contribution < -0.4 is 5.01 Å². The molecule has 1 atom stereocenters. The highest BCUT2D eigenvalue weighted by atomic mass is 35.5. The first kappa shape index (κ1) is 15.8. The fourth-order valence-corrected chi connectivity index (χ4v) is 3.25. The minimum absolute atomic E-state index is 0.323. The molecule has 2 aliphatic rings. The number of halogens is 1. The van der Waals surface area contributed by atoms with E-state index in [1.54, 1.807) is 45.4 Å². The lowest BCUT2D eigenvalue weighted by atomic mass is 10.1. The summed E-state index contributed by atoms with van der Waals surface area (Å²) < 4.78 is 1.58. The molecule has 4 rings (SSSR count). The predicted molar refractivity (Wildman–Crippen MR) is 90.2 cm³/mol. The third kappa shape index (κ3) is 2.50. The van der Waals surface area contributed by atoms with Crippen LogP contribution in [0.2, 0.25) is 0 Å². The van der Waals surface area contributed by atoms with Gasteiger partial charge in [0.25, 0.3) is 11.8 Å². The quantitative estimate of drug-likeness (QED) is 0.611. The van der Waals surface area contributed by atoms with Gasteiger partial charge in [0, 0.05) is 12.7 Å². The van der Waals surface area contributed by atoms with Gasteiger partial charge in [-0.05, 0) is 30.8 Å². The summed E-state index contributed by atoms with van der Waals surface area (Å²) in [5.74, 6) is -0.169. The van der Waals surface area contributed by atoms with Crippen molar-refractivity contribution in [3.05, 3.63) is 59.8 Å². The average Bonchev–Trinajstić information content (AvgIpc) is 3.19. The van der Waals surface area contributed by atoms with Crippen LogP contribution in [-0.4, -0.2) is 49.2 Å². The van der Waals surface area contributed by atoms with Crippen molar-refractivity contribution in [3.63, 3.8) is 0 Å². The first-order valence-corrected chi connectivity index (χ1v) is 8.13. The van der Waals surface area contributed by atoms with Crippen molar-refractivity contribution in [1.82, 2.24) is 24.2 Å². The monoisotopic (exact) mass is 358 g/mol. The SMILES string of the molecule is CC(c1ncnn1N1C=CCN(Cl)C1)N1C(=O)c2ccccc2C1=O. The number of benzene rings is 1. The molecule has 2 aromatic rings. The van der Waals surface area contributed by atoms with E-state index < -0.39 is 6.04 Å². The molecule has 1 unspecified atom stereocenters. The molecule has 9 heteroatoms. The summed E-state index contributed by atoms with van der Waals surface area (Å²) in [4.78, 5) is 32.4. The molecular formula is C16H15ClN6O2. The summed E-state index contributed by atoms with van der Waals surface area (Å²) in [5.41, 5.74) is 0.824. The molecule has 0 saturated heterocycles. The van der Waals surface area contributed by atoms with E-state index in [9.17, 15) is 9.59 Å². The van der Waals surface area contributed by atoms with Crippen LogP contribution in [-0.2, 0) is 0 Å². The zero-order valence-electron chi connectivity index (χ0n) is 13.4. The second kappa shape index (κ2) is 5.98. The number of carbonyl (C=O) groups excluding carboxylic acids is 2. The van der Waals surface area contributed by atoms with E-state index in [0.29, 0.717) is 30.2 Å². The highest BCUT2D eigenvalue weighted by Crippen LogP contribution is 2.30. The van der Waals surface area contributed by atoms with Gasteiger partial charge in [0.2, 0.25) is 0 Å². The summed E-state index contributed by atoms with van der Waals surface area (Å²) in [6.07, 6.45) is 5.12. The maximum absolute atomic E-state index is 12.7. The number of aromatic nitrogens is 3. The molecule has 0 fully saturated rings. The molecule has 1 aromatic carbocycles. The highest BCUT2D eigenvalue weighted by molar-refractivity contribution is 6.21. The fourth-order valence-electron chi connectivity index (χ4n) is 3.06. The van der Waals surface area contributed by atoms with Crippen molar-refractivity contribution < 1.29 is 9.59 Å². The van der Waals surface area contributed by atoms with E-state index in [1.807, 2.05) is 12.3 Å². The van der Waals surface area contributed by atoms with E-state index in [0.717, 1.165) is 0 Å². The highest BCUT2D eigenvalue weighted by Gasteiger charge is 2.40. The van der Waals surface area contributed by atoms with Crippen LogP contribution in [0.4, 0.5) is 0 Å². The summed E-state index contributed by atoms with van der Waals surface area (Å²) in [7, 11) is 0. The Morgan fingerprint density at radius 1 is 1.16 bits per heavy atom. The summed E-state index contributed by atoms with van der Waals surface area (Å²) >= 11 is 6.05. The van der Waals surface area contributed by atoms with Crippen molar-refractivity contribution in [2.45, 2.75) is 13.0 Å². The van der Waals surface area contributed by atoms with Crippen LogP contribution in [0.1, 0.15) is 39.5 Å². The number of hydrogen-bond acceptors (Lipinski definition) is 6. The average molecular weight is 359 g/mol. The third-order valence-electron chi connectivity index (χ3n) is 4.27. The lowest BCUT2D eigenvalue weighted by Crippen LogP contribution is -2.43. The molecule has 128 valence electrons. The fraction of sp³-hybridized carbons (Fsp3) is 0.250. The third-order valence-corrected chi connectivity index (χ3v) is 4.51. The Kier molecular flexibility index (Phi) is 3.78. The van der Waals surface area contributed by atoms with E-state index >= 15 is 0 Å². The normalized spacial score (nSPS) is 18.8. The standard InChI is InChI=1S/C16H15ClN6O2/c1-11(22-15(24)12-5-2-3-6-13(12)16(22)25)14-18-9-19-23(14)21-8-4-7-20(17)10-21/h2-6,8-9,11H,7,10H2,1H3. The van der Waals surface area contributed by atoms with Crippen molar-refractivity contribution in [2.75, 3.05) is 18.2 Å². The number of hydrogen-bond donors (Lipinski definition) is 0. The zero-order chi connectivity index (χ0) is 17.6. The maximum atomic E-state index is 12.7. The molecule has 0 spiro atoms. The van der Waals surface area contributed by atoms with Crippen LogP contribution in [0.25, 0.3) is 0 Å². The number of rotatable bonds is 3. The van der Waals surface area contributed by atoms with Gasteiger partial charge in [0.1, 0.15) is 13.0 Å². The van der Waals surface area contributed by atoms with E-state index in [2.05, 4.69) is 10.1 Å². The molecular weight excluding hydrogens is 344 g/mol. The Labute approximate surface area is 149 Å². The number of carbonyl (C=O) groups is 2. The molecule has 2 amide bonds. The molecule has 1 aromatic heterocycles. The summed E-state index contributed by atoms with van der Waals surface area (Å²) in [6.45, 7) is 2.79. The zero-order valence-corrected chi connectivity index (χ0v) is 14.2. The van der Waals surface area contributed by atoms with Crippen molar-refractivity contribution in [1.29, 1.82) is 0 Å². The second-order valence-corrected chi connectivity index (χ2v) is 6.30. The maximum Gasteiger partial charge on any atom is 0.262 e. The molecule has 8 nitrogen and oxygen atoms in total. The number of imide groups is 1. The first-order valence-electron chi connectivity index (χ1n) is 7.79. The van der Waals surface area contributed by atoms with Gasteiger partial charge in [0.15, 0.2) is 5.82 Å². The smallest absolute Gasteiger partial charge is 0.262 e. The molecule has 2 aliphatic heterocycles. The van der Waals surface area contributed by atoms with Gasteiger partial charge in [-0.15, -0.1) is 5.10 Å². The number of nitrogens with zero attached hydrogens (tertiary/aromatic N) is 6. The Bertz CT molecular complexity index is 844. The second-order valence-electron chi connectivity index (χ2n) is 5.82. The summed E-state index contributed by atoms with van der Waals surface area (Å²) in [6, 6.07) is 6.23. The van der Waals surface area contributed by atoms with Crippen LogP contribution in [0.5, 0.6) is 0 Å². The minimum Gasteiger partial charge on any atom is -0.269 e. The number of fused-ring (bicyclic) bond motifs is 1. The van der Waals surface area contributed by atoms with Gasteiger partial charge < -0.3 is 0 Å². The molecule has 0 saturated carbocycles. The van der Waals surface area contributed by atoms with Crippen LogP contribution in [0.15, 0.2) is 42.9 Å². The summed E-state index contributed by atoms with van der Waals surface area (Å²) in [5, 5.41) is 5.97. The lowest BCUT2D eigenvalue weighted by molar-refractivity contribution is 0.0585. The van der Waals surface area contributed by atoms with Gasteiger partial charge in [0.05, 0.1) is 17.2 Å². The Morgan fingerprint density at radius 2 is 1.84 bits per heavy atom. The van der Waals surface area contributed by atoms with Crippen LogP contribution >= 0.6 is 11.8 Å². The van der Waals surface area contributed by atoms with Gasteiger partial charge in [-0.2, -0.15) is 9.21 Å². The van der Waals surface area contributed by atoms with E-state index in [1.165, 1.54) is 11.2 Å². The Hall–Kier alpha value is -2.71. The van der Waals surface area contributed by atoms with Crippen LogP contribution in [0.3, 0.4) is 0 Å². The molecule has 0 N–H and O–H groups in total. The molecule has 0 bridgehead atoms. The van der Waals surface area contributed by atoms with Gasteiger partial charge in [-0.3, -0.25) is 19.5 Å². The Morgan fingerprint density at radius 3 is 2.48 bits per heavy atom. The molecule has 3 heterocycles. The largest absolute Gasteiger partial charge is 0.269 e. The lowest BCUT2D eigenvalue weighted by Gasteiger charge is -2.30. The minimum atomic E-state index is -0.575. The van der Waals surface area contributed by atoms with Gasteiger partial charge >= 0.3 is 0 Å².